The molecule has 1 aromatic carbocycles. The Balaban J connectivity index is 1.45. The van der Waals surface area contributed by atoms with Crippen molar-refractivity contribution in [2.24, 2.45) is 11.8 Å². The fourth-order valence-electron chi connectivity index (χ4n) is 4.22. The van der Waals surface area contributed by atoms with Gasteiger partial charge < -0.3 is 20.5 Å². The molecule has 2 fully saturated rings. The number of benzene rings is 1. The Morgan fingerprint density at radius 2 is 1.76 bits per heavy atom. The number of anilines is 1. The van der Waals surface area contributed by atoms with Gasteiger partial charge in [0.1, 0.15) is 0 Å². The molecule has 2 bridgehead atoms. The van der Waals surface area contributed by atoms with Crippen molar-refractivity contribution in [1.82, 2.24) is 5.32 Å². The molecule has 2 aliphatic heterocycles. The predicted molar refractivity (Wildman–Crippen MR) is 108 cm³/mol. The summed E-state index contributed by atoms with van der Waals surface area (Å²) in [5.41, 5.74) is 0.585. The maximum atomic E-state index is 12.2. The number of rotatable bonds is 9. The van der Waals surface area contributed by atoms with E-state index in [0.717, 1.165) is 25.7 Å². The number of allylic oxidation sites excluding steroid dienone is 2. The Bertz CT molecular complexity index is 749. The molecule has 0 aromatic heterocycles. The van der Waals surface area contributed by atoms with Crippen LogP contribution in [0.4, 0.5) is 5.69 Å². The van der Waals surface area contributed by atoms with Gasteiger partial charge in [-0.15, -0.1) is 0 Å². The second-order valence-electron chi connectivity index (χ2n) is 7.64. The summed E-state index contributed by atoms with van der Waals surface area (Å²) in [5, 5.41) is 14.0. The van der Waals surface area contributed by atoms with Crippen molar-refractivity contribution < 1.29 is 24.2 Å². The number of amides is 2. The molecule has 3 N–H and O–H groups in total. The Morgan fingerprint density at radius 1 is 1.03 bits per heavy atom. The minimum Gasteiger partial charge on any atom is -0.481 e. The van der Waals surface area contributed by atoms with Crippen molar-refractivity contribution in [2.75, 3.05) is 11.9 Å². The average molecular weight is 400 g/mol. The van der Waals surface area contributed by atoms with Crippen molar-refractivity contribution in [3.63, 3.8) is 0 Å². The summed E-state index contributed by atoms with van der Waals surface area (Å²) >= 11 is 0. The van der Waals surface area contributed by atoms with Gasteiger partial charge in [-0.2, -0.15) is 0 Å². The molecule has 2 heterocycles. The number of carboxylic acid groups (broad SMARTS) is 1. The molecule has 0 spiro atoms. The minimum absolute atomic E-state index is 0.128. The fraction of sp³-hybridized carbons (Fsp3) is 0.500. The van der Waals surface area contributed by atoms with E-state index < -0.39 is 17.8 Å². The normalized spacial score (nSPS) is 25.2. The lowest BCUT2D eigenvalue weighted by atomic mass is 9.77. The van der Waals surface area contributed by atoms with Crippen LogP contribution in [0.3, 0.4) is 0 Å². The van der Waals surface area contributed by atoms with E-state index in [-0.39, 0.29) is 24.5 Å². The first-order valence-electron chi connectivity index (χ1n) is 10.2. The highest BCUT2D eigenvalue weighted by Crippen LogP contribution is 2.44. The zero-order valence-electron chi connectivity index (χ0n) is 16.4. The van der Waals surface area contributed by atoms with Crippen LogP contribution < -0.4 is 10.6 Å². The standard InChI is InChI=1S/C22H28N2O5/c25-20(26)11-7-2-1-6-10-16-17(19-13-12-18(16)29-19)14-23-21(27)22(28)24-15-8-4-3-5-9-15/h1,3-6,8-9,16-19H,2,7,10-14H2,(H,23,27)(H,24,28)(H,25,26)/b6-1-/t16-,17?,18+,19-/m1/s1. The number of fused-ring (bicyclic) bond motifs is 2. The van der Waals surface area contributed by atoms with Crippen LogP contribution in [0.1, 0.15) is 38.5 Å². The summed E-state index contributed by atoms with van der Waals surface area (Å²) in [6.07, 6.45) is 8.86. The van der Waals surface area contributed by atoms with E-state index >= 15 is 0 Å². The van der Waals surface area contributed by atoms with Crippen molar-refractivity contribution >= 4 is 23.5 Å². The van der Waals surface area contributed by atoms with Crippen LogP contribution in [-0.2, 0) is 19.1 Å². The summed E-state index contributed by atoms with van der Waals surface area (Å²) in [4.78, 5) is 34.8. The van der Waals surface area contributed by atoms with Gasteiger partial charge in [0, 0.05) is 24.6 Å². The summed E-state index contributed by atoms with van der Waals surface area (Å²) in [6, 6.07) is 8.88. The summed E-state index contributed by atoms with van der Waals surface area (Å²) in [6.45, 7) is 0.416. The number of para-hydroxylation sites is 1. The Kier molecular flexibility index (Phi) is 7.41. The molecular weight excluding hydrogens is 372 g/mol. The highest BCUT2D eigenvalue weighted by Gasteiger charge is 2.48. The maximum Gasteiger partial charge on any atom is 0.313 e. The number of hydrogen-bond donors (Lipinski definition) is 3. The van der Waals surface area contributed by atoms with Crippen LogP contribution in [0.2, 0.25) is 0 Å². The summed E-state index contributed by atoms with van der Waals surface area (Å²) < 4.78 is 6.03. The van der Waals surface area contributed by atoms with E-state index in [1.807, 2.05) is 12.1 Å². The lowest BCUT2D eigenvalue weighted by Crippen LogP contribution is -2.42. The van der Waals surface area contributed by atoms with E-state index in [4.69, 9.17) is 9.84 Å². The predicted octanol–water partition coefficient (Wildman–Crippen LogP) is 2.74. The molecule has 7 heteroatoms. The van der Waals surface area contributed by atoms with Gasteiger partial charge in [0.05, 0.1) is 12.2 Å². The lowest BCUT2D eigenvalue weighted by Gasteiger charge is -2.27. The zero-order chi connectivity index (χ0) is 20.6. The molecule has 2 saturated heterocycles. The fourth-order valence-corrected chi connectivity index (χ4v) is 4.22. The molecular formula is C22H28N2O5. The van der Waals surface area contributed by atoms with Gasteiger partial charge in [0.2, 0.25) is 0 Å². The molecule has 3 rings (SSSR count). The van der Waals surface area contributed by atoms with Crippen molar-refractivity contribution in [2.45, 2.75) is 50.7 Å². The van der Waals surface area contributed by atoms with E-state index in [1.165, 1.54) is 0 Å². The largest absolute Gasteiger partial charge is 0.481 e. The quantitative estimate of drug-likeness (QED) is 0.336. The number of carboxylic acids is 1. The maximum absolute atomic E-state index is 12.2. The van der Waals surface area contributed by atoms with Crippen LogP contribution in [0.15, 0.2) is 42.5 Å². The number of ether oxygens (including phenoxy) is 1. The van der Waals surface area contributed by atoms with Crippen LogP contribution in [-0.4, -0.2) is 41.6 Å². The van der Waals surface area contributed by atoms with Crippen molar-refractivity contribution in [3.05, 3.63) is 42.5 Å². The van der Waals surface area contributed by atoms with Crippen LogP contribution in [0.5, 0.6) is 0 Å². The molecule has 156 valence electrons. The Morgan fingerprint density at radius 3 is 2.48 bits per heavy atom. The number of unbranched alkanes of at least 4 members (excludes halogenated alkanes) is 1. The highest BCUT2D eigenvalue weighted by molar-refractivity contribution is 6.39. The Labute approximate surface area is 170 Å². The van der Waals surface area contributed by atoms with Crippen molar-refractivity contribution in [1.29, 1.82) is 0 Å². The number of hydrogen-bond acceptors (Lipinski definition) is 4. The molecule has 7 nitrogen and oxygen atoms in total. The van der Waals surface area contributed by atoms with Gasteiger partial charge in [0.25, 0.3) is 0 Å². The first-order chi connectivity index (χ1) is 14.0. The SMILES string of the molecule is O=C(O)CCC/C=C\C[C@@H]1C(CNC(=O)C(=O)Nc2ccccc2)[C@H]2CC[C@@H]1O2. The zero-order valence-corrected chi connectivity index (χ0v) is 16.4. The number of aliphatic carboxylic acids is 1. The minimum atomic E-state index is -0.771. The molecule has 1 unspecified atom stereocenters. The van der Waals surface area contributed by atoms with E-state index in [2.05, 4.69) is 16.7 Å². The van der Waals surface area contributed by atoms with Gasteiger partial charge in [-0.3, -0.25) is 14.4 Å². The van der Waals surface area contributed by atoms with Crippen LogP contribution in [0, 0.1) is 11.8 Å². The summed E-state index contributed by atoms with van der Waals surface area (Å²) in [7, 11) is 0. The second kappa shape index (κ2) is 10.2. The van der Waals surface area contributed by atoms with Crippen LogP contribution >= 0.6 is 0 Å². The molecule has 4 atom stereocenters. The highest BCUT2D eigenvalue weighted by atomic mass is 16.5. The average Bonchev–Trinajstić information content (AvgIpc) is 3.31. The lowest BCUT2D eigenvalue weighted by molar-refractivity contribution is -0.137. The second-order valence-corrected chi connectivity index (χ2v) is 7.64. The first-order valence-corrected chi connectivity index (χ1v) is 10.2. The molecule has 2 aliphatic rings. The van der Waals surface area contributed by atoms with Gasteiger partial charge in [0.15, 0.2) is 0 Å². The third-order valence-corrected chi connectivity index (χ3v) is 5.66. The van der Waals surface area contributed by atoms with Crippen molar-refractivity contribution in [3.8, 4) is 0 Å². The monoisotopic (exact) mass is 400 g/mol. The van der Waals surface area contributed by atoms with E-state index in [0.29, 0.717) is 24.6 Å². The van der Waals surface area contributed by atoms with Gasteiger partial charge in [-0.25, -0.2) is 0 Å². The molecule has 0 radical (unpaired) electrons. The van der Waals surface area contributed by atoms with Crippen LogP contribution in [0.25, 0.3) is 0 Å². The first kappa shape index (κ1) is 21.0. The molecule has 29 heavy (non-hydrogen) atoms. The summed E-state index contributed by atoms with van der Waals surface area (Å²) in [5.74, 6) is -1.59. The molecule has 2 amide bonds. The third kappa shape index (κ3) is 5.90. The number of carbonyl (C=O) groups excluding carboxylic acids is 2. The molecule has 0 aliphatic carbocycles. The third-order valence-electron chi connectivity index (χ3n) is 5.66. The molecule has 1 aromatic rings. The number of carbonyl (C=O) groups is 3. The molecule has 0 saturated carbocycles. The van der Waals surface area contributed by atoms with Gasteiger partial charge >= 0.3 is 17.8 Å². The topological polar surface area (TPSA) is 105 Å². The van der Waals surface area contributed by atoms with E-state index in [9.17, 15) is 14.4 Å². The Hall–Kier alpha value is -2.67. The number of nitrogens with one attached hydrogen (secondary N) is 2. The van der Waals surface area contributed by atoms with Gasteiger partial charge in [-0.1, -0.05) is 30.4 Å². The van der Waals surface area contributed by atoms with Gasteiger partial charge in [-0.05, 0) is 50.2 Å². The smallest absolute Gasteiger partial charge is 0.313 e. The van der Waals surface area contributed by atoms with E-state index in [1.54, 1.807) is 24.3 Å².